The zero-order valence-corrected chi connectivity index (χ0v) is 18.5. The number of fused-ring (bicyclic) bond motifs is 1. The predicted molar refractivity (Wildman–Crippen MR) is 126 cm³/mol. The zero-order chi connectivity index (χ0) is 22.8. The van der Waals surface area contributed by atoms with Crippen molar-refractivity contribution in [1.82, 2.24) is 4.57 Å². The second-order valence-electron chi connectivity index (χ2n) is 7.12. The van der Waals surface area contributed by atoms with Crippen molar-refractivity contribution in [2.24, 2.45) is 7.05 Å². The molecule has 3 aromatic carbocycles. The van der Waals surface area contributed by atoms with Gasteiger partial charge in [-0.1, -0.05) is 71.7 Å². The van der Waals surface area contributed by atoms with Crippen molar-refractivity contribution in [3.05, 3.63) is 104 Å². The molecule has 0 spiro atoms. The highest BCUT2D eigenvalue weighted by Crippen LogP contribution is 2.31. The third-order valence-electron chi connectivity index (χ3n) is 5.13. The van der Waals surface area contributed by atoms with E-state index in [4.69, 9.17) is 27.9 Å². The van der Waals surface area contributed by atoms with E-state index in [0.29, 0.717) is 21.4 Å². The monoisotopic (exact) mass is 465 g/mol. The van der Waals surface area contributed by atoms with Gasteiger partial charge in [-0.25, -0.2) is 4.79 Å². The summed E-state index contributed by atoms with van der Waals surface area (Å²) in [4.78, 5) is 38.6. The molecule has 1 heterocycles. The highest BCUT2D eigenvalue weighted by molar-refractivity contribution is 6.36. The van der Waals surface area contributed by atoms with Crippen molar-refractivity contribution in [1.29, 1.82) is 0 Å². The Labute approximate surface area is 193 Å². The summed E-state index contributed by atoms with van der Waals surface area (Å²) in [6.07, 6.45) is 0. The molecule has 0 amide bonds. The number of rotatable bonds is 5. The minimum absolute atomic E-state index is 0.0647. The fourth-order valence-corrected chi connectivity index (χ4v) is 4.11. The standard InChI is InChI=1S/C25H17Cl2NO4/c1-28-23(25(31)32-14-21(29)19-12-11-16(26)13-20(19)27)22(15-7-3-2-4-8-15)17-9-5-6-10-18(17)24(28)30/h2-13H,14H2,1H3. The van der Waals surface area contributed by atoms with E-state index in [9.17, 15) is 14.4 Å². The minimum atomic E-state index is -0.785. The highest BCUT2D eigenvalue weighted by atomic mass is 35.5. The lowest BCUT2D eigenvalue weighted by molar-refractivity contribution is 0.0465. The molecule has 4 rings (SSSR count). The predicted octanol–water partition coefficient (Wildman–Crippen LogP) is 5.55. The molecule has 4 aromatic rings. The summed E-state index contributed by atoms with van der Waals surface area (Å²) in [6.45, 7) is -0.532. The SMILES string of the molecule is Cn1c(C(=O)OCC(=O)c2ccc(Cl)cc2Cl)c(-c2ccccc2)c2ccccc2c1=O. The number of nitrogens with zero attached hydrogens (tertiary/aromatic N) is 1. The Morgan fingerprint density at radius 3 is 2.25 bits per heavy atom. The first-order valence-corrected chi connectivity index (χ1v) is 10.5. The second-order valence-corrected chi connectivity index (χ2v) is 7.97. The lowest BCUT2D eigenvalue weighted by atomic mass is 9.97. The highest BCUT2D eigenvalue weighted by Gasteiger charge is 2.24. The maximum atomic E-state index is 13.1. The normalized spacial score (nSPS) is 10.8. The molecule has 32 heavy (non-hydrogen) atoms. The first-order chi connectivity index (χ1) is 15.4. The summed E-state index contributed by atoms with van der Waals surface area (Å²) in [5.74, 6) is -1.26. The molecule has 0 N–H and O–H groups in total. The van der Waals surface area contributed by atoms with Crippen LogP contribution in [0.15, 0.2) is 77.6 Å². The number of benzene rings is 3. The van der Waals surface area contributed by atoms with Crippen molar-refractivity contribution in [2.45, 2.75) is 0 Å². The fraction of sp³-hybridized carbons (Fsp3) is 0.0800. The molecule has 0 aliphatic rings. The number of hydrogen-bond donors (Lipinski definition) is 0. The number of hydrogen-bond acceptors (Lipinski definition) is 4. The lowest BCUT2D eigenvalue weighted by Gasteiger charge is -2.16. The van der Waals surface area contributed by atoms with E-state index < -0.39 is 18.4 Å². The van der Waals surface area contributed by atoms with Crippen LogP contribution in [-0.2, 0) is 11.8 Å². The molecule has 0 saturated carbocycles. The maximum absolute atomic E-state index is 13.1. The third kappa shape index (κ3) is 4.05. The van der Waals surface area contributed by atoms with Gasteiger partial charge in [0.2, 0.25) is 5.78 Å². The van der Waals surface area contributed by atoms with Crippen LogP contribution in [0.2, 0.25) is 10.0 Å². The quantitative estimate of drug-likeness (QED) is 0.286. The Morgan fingerprint density at radius 2 is 1.56 bits per heavy atom. The summed E-state index contributed by atoms with van der Waals surface area (Å²) in [7, 11) is 1.51. The van der Waals surface area contributed by atoms with Gasteiger partial charge in [-0.2, -0.15) is 0 Å². The Bertz CT molecular complexity index is 1410. The number of carbonyl (C=O) groups is 2. The smallest absolute Gasteiger partial charge is 0.356 e. The topological polar surface area (TPSA) is 65.4 Å². The molecule has 160 valence electrons. The molecule has 7 heteroatoms. The molecule has 0 aliphatic heterocycles. The number of carbonyl (C=O) groups excluding carboxylic acids is 2. The molecule has 0 unspecified atom stereocenters. The molecule has 0 atom stereocenters. The van der Waals surface area contributed by atoms with Gasteiger partial charge >= 0.3 is 5.97 Å². The summed E-state index contributed by atoms with van der Waals surface area (Å²) in [5.41, 5.74) is 1.23. The first kappa shape index (κ1) is 21.8. The Balaban J connectivity index is 1.76. The van der Waals surface area contributed by atoms with Gasteiger partial charge in [-0.15, -0.1) is 0 Å². The second kappa shape index (κ2) is 8.99. The summed E-state index contributed by atoms with van der Waals surface area (Å²) in [5, 5.41) is 1.67. The van der Waals surface area contributed by atoms with Crippen molar-refractivity contribution in [3.63, 3.8) is 0 Å². The molecular formula is C25H17Cl2NO4. The number of ketones is 1. The number of Topliss-reactive ketones (excluding diaryl/α,β-unsaturated/α-hetero) is 1. The van der Waals surface area contributed by atoms with E-state index in [1.54, 1.807) is 24.3 Å². The largest absolute Gasteiger partial charge is 0.453 e. The zero-order valence-electron chi connectivity index (χ0n) is 17.0. The van der Waals surface area contributed by atoms with Crippen LogP contribution in [0.3, 0.4) is 0 Å². The van der Waals surface area contributed by atoms with Gasteiger partial charge in [0.05, 0.1) is 5.02 Å². The van der Waals surface area contributed by atoms with E-state index in [1.807, 2.05) is 30.3 Å². The summed E-state index contributed by atoms with van der Waals surface area (Å²) < 4.78 is 6.59. The van der Waals surface area contributed by atoms with Crippen LogP contribution in [0, 0.1) is 0 Å². The first-order valence-electron chi connectivity index (χ1n) is 9.71. The lowest BCUT2D eigenvalue weighted by Crippen LogP contribution is -2.27. The van der Waals surface area contributed by atoms with Gasteiger partial charge in [0.15, 0.2) is 6.61 Å². The van der Waals surface area contributed by atoms with Crippen molar-refractivity contribution in [3.8, 4) is 11.1 Å². The average Bonchev–Trinajstić information content (AvgIpc) is 2.80. The van der Waals surface area contributed by atoms with E-state index in [2.05, 4.69) is 0 Å². The number of pyridine rings is 1. The Hall–Kier alpha value is -3.41. The molecular weight excluding hydrogens is 449 g/mol. The number of ether oxygens (including phenoxy) is 1. The number of esters is 1. The molecule has 0 saturated heterocycles. The van der Waals surface area contributed by atoms with Crippen molar-refractivity contribution < 1.29 is 14.3 Å². The number of aromatic nitrogens is 1. The Kier molecular flexibility index (Phi) is 6.12. The molecule has 0 fully saturated rings. The van der Waals surface area contributed by atoms with E-state index in [0.717, 1.165) is 5.56 Å². The maximum Gasteiger partial charge on any atom is 0.356 e. The van der Waals surface area contributed by atoms with Gasteiger partial charge in [-0.3, -0.25) is 9.59 Å². The van der Waals surface area contributed by atoms with Crippen LogP contribution < -0.4 is 5.56 Å². The average molecular weight is 466 g/mol. The molecule has 1 aromatic heterocycles. The van der Waals surface area contributed by atoms with Crippen LogP contribution in [-0.4, -0.2) is 22.9 Å². The van der Waals surface area contributed by atoms with Crippen LogP contribution in [0.1, 0.15) is 20.8 Å². The minimum Gasteiger partial charge on any atom is -0.453 e. The molecule has 0 bridgehead atoms. The molecule has 5 nitrogen and oxygen atoms in total. The van der Waals surface area contributed by atoms with Gasteiger partial charge < -0.3 is 9.30 Å². The molecule has 0 radical (unpaired) electrons. The molecule has 0 aliphatic carbocycles. The van der Waals surface area contributed by atoms with Gasteiger partial charge in [0.1, 0.15) is 5.69 Å². The van der Waals surface area contributed by atoms with Crippen LogP contribution in [0.4, 0.5) is 0 Å². The van der Waals surface area contributed by atoms with Crippen molar-refractivity contribution in [2.75, 3.05) is 6.61 Å². The van der Waals surface area contributed by atoms with E-state index in [1.165, 1.54) is 29.8 Å². The van der Waals surface area contributed by atoms with Gasteiger partial charge in [0.25, 0.3) is 5.56 Å². The van der Waals surface area contributed by atoms with Crippen molar-refractivity contribution >= 4 is 45.7 Å². The Morgan fingerprint density at radius 1 is 0.906 bits per heavy atom. The van der Waals surface area contributed by atoms with E-state index >= 15 is 0 Å². The van der Waals surface area contributed by atoms with Crippen LogP contribution in [0.25, 0.3) is 21.9 Å². The van der Waals surface area contributed by atoms with Crippen LogP contribution >= 0.6 is 23.2 Å². The van der Waals surface area contributed by atoms with Crippen LogP contribution in [0.5, 0.6) is 0 Å². The third-order valence-corrected chi connectivity index (χ3v) is 5.67. The van der Waals surface area contributed by atoms with Gasteiger partial charge in [0, 0.05) is 28.6 Å². The van der Waals surface area contributed by atoms with Gasteiger partial charge in [-0.05, 0) is 35.2 Å². The summed E-state index contributed by atoms with van der Waals surface area (Å²) >= 11 is 12.0. The van der Waals surface area contributed by atoms with E-state index in [-0.39, 0.29) is 21.8 Å². The summed E-state index contributed by atoms with van der Waals surface area (Å²) in [6, 6.07) is 20.8. The fourth-order valence-electron chi connectivity index (χ4n) is 3.59. The number of halogens is 2.